The molecule has 0 saturated heterocycles. The van der Waals surface area contributed by atoms with Crippen LogP contribution in [0.3, 0.4) is 0 Å². The molecule has 4 aromatic rings. The molecule has 0 aliphatic heterocycles. The van der Waals surface area contributed by atoms with Crippen molar-refractivity contribution in [3.05, 3.63) is 65.3 Å². The Balaban J connectivity index is 1.55. The number of benzene rings is 2. The highest BCUT2D eigenvalue weighted by molar-refractivity contribution is 6.33. The van der Waals surface area contributed by atoms with Crippen LogP contribution in [0, 0.1) is 17.8 Å². The lowest BCUT2D eigenvalue weighted by atomic mass is 9.82. The minimum absolute atomic E-state index is 0.0248. The molecular formula is C36H43ClN4O5. The van der Waals surface area contributed by atoms with Crippen LogP contribution in [0.25, 0.3) is 27.8 Å². The summed E-state index contributed by atoms with van der Waals surface area (Å²) in [5.74, 6) is 0.362. The van der Waals surface area contributed by atoms with Gasteiger partial charge in [0.15, 0.2) is 5.82 Å². The van der Waals surface area contributed by atoms with E-state index in [-0.39, 0.29) is 48.4 Å². The van der Waals surface area contributed by atoms with Gasteiger partial charge in [0.2, 0.25) is 5.91 Å². The summed E-state index contributed by atoms with van der Waals surface area (Å²) < 4.78 is 14.1. The van der Waals surface area contributed by atoms with E-state index >= 15 is 0 Å². The predicted molar refractivity (Wildman–Crippen MR) is 181 cm³/mol. The zero-order valence-electron chi connectivity index (χ0n) is 27.5. The lowest BCUT2D eigenvalue weighted by molar-refractivity contribution is -0.124. The SMILES string of the molecule is CCOC(=O)c1cn(-c2ccc(-c3cc4ccccc4n3C(=O)OCC(C)C)c(Cl)c2)nc1N(C(=O)C1CCC(C)CC1)C(C)C. The van der Waals surface area contributed by atoms with Crippen LogP contribution in [0.5, 0.6) is 0 Å². The molecule has 0 atom stereocenters. The molecule has 2 heterocycles. The van der Waals surface area contributed by atoms with Crippen LogP contribution in [0.15, 0.2) is 54.7 Å². The number of esters is 1. The molecular weight excluding hydrogens is 604 g/mol. The van der Waals surface area contributed by atoms with Gasteiger partial charge in [-0.15, -0.1) is 5.10 Å². The topological polar surface area (TPSA) is 95.7 Å². The first-order valence-electron chi connectivity index (χ1n) is 16.2. The molecule has 2 aromatic heterocycles. The van der Waals surface area contributed by atoms with Crippen LogP contribution in [0.2, 0.25) is 5.02 Å². The fraction of sp³-hybridized carbons (Fsp3) is 0.444. The lowest BCUT2D eigenvalue weighted by Gasteiger charge is -2.32. The average molecular weight is 647 g/mol. The number of amides is 1. The number of fused-ring (bicyclic) bond motifs is 1. The summed E-state index contributed by atoms with van der Waals surface area (Å²) in [6.07, 6.45) is 4.74. The summed E-state index contributed by atoms with van der Waals surface area (Å²) in [6, 6.07) is 14.6. The zero-order chi connectivity index (χ0) is 33.1. The maximum atomic E-state index is 13.9. The summed E-state index contributed by atoms with van der Waals surface area (Å²) in [4.78, 5) is 42.0. The number of hydrogen-bond donors (Lipinski definition) is 0. The van der Waals surface area contributed by atoms with Crippen molar-refractivity contribution in [1.29, 1.82) is 0 Å². The summed E-state index contributed by atoms with van der Waals surface area (Å²) in [5, 5.41) is 6.04. The average Bonchev–Trinajstić information content (AvgIpc) is 3.63. The second kappa shape index (κ2) is 14.1. The van der Waals surface area contributed by atoms with Crippen LogP contribution in [0.1, 0.15) is 77.6 Å². The smallest absolute Gasteiger partial charge is 0.418 e. The molecule has 1 aliphatic rings. The number of carbonyl (C=O) groups is 3. The third kappa shape index (κ3) is 6.84. The Kier molecular flexibility index (Phi) is 10.2. The van der Waals surface area contributed by atoms with E-state index < -0.39 is 12.1 Å². The normalized spacial score (nSPS) is 16.6. The Bertz CT molecular complexity index is 1730. The second-order valence-electron chi connectivity index (χ2n) is 12.8. The van der Waals surface area contributed by atoms with E-state index in [9.17, 15) is 14.4 Å². The van der Waals surface area contributed by atoms with Gasteiger partial charge in [-0.05, 0) is 88.6 Å². The number of ether oxygens (including phenoxy) is 2. The number of para-hydroxylation sites is 1. The lowest BCUT2D eigenvalue weighted by Crippen LogP contribution is -2.43. The first kappa shape index (κ1) is 33.3. The third-order valence-electron chi connectivity index (χ3n) is 8.46. The van der Waals surface area contributed by atoms with Crippen molar-refractivity contribution in [3.63, 3.8) is 0 Å². The third-order valence-corrected chi connectivity index (χ3v) is 8.78. The second-order valence-corrected chi connectivity index (χ2v) is 13.3. The van der Waals surface area contributed by atoms with Gasteiger partial charge in [-0.25, -0.2) is 18.8 Å². The quantitative estimate of drug-likeness (QED) is 0.169. The molecule has 1 fully saturated rings. The van der Waals surface area contributed by atoms with Gasteiger partial charge in [0.25, 0.3) is 0 Å². The van der Waals surface area contributed by atoms with Gasteiger partial charge in [-0.1, -0.05) is 50.6 Å². The number of carbonyl (C=O) groups excluding carboxylic acids is 3. The Morgan fingerprint density at radius 1 is 1.00 bits per heavy atom. The van der Waals surface area contributed by atoms with Gasteiger partial charge in [-0.3, -0.25) is 9.69 Å². The highest BCUT2D eigenvalue weighted by Gasteiger charge is 2.34. The van der Waals surface area contributed by atoms with Crippen LogP contribution < -0.4 is 4.90 Å². The molecule has 0 N–H and O–H groups in total. The standard InChI is InChI=1S/C36H43ClN4O5/c1-7-45-35(43)29-20-39(38-33(29)40(23(4)5)34(42)25-14-12-24(6)13-15-25)27-16-17-28(30(37)19-27)32-18-26-10-8-9-11-31(26)41(32)36(44)46-21-22(2)3/h8-11,16-20,22-25H,7,12-15,21H2,1-6H3. The molecule has 1 saturated carbocycles. The van der Waals surface area contributed by atoms with Gasteiger partial charge in [-0.2, -0.15) is 0 Å². The molecule has 5 rings (SSSR count). The minimum atomic E-state index is -0.549. The van der Waals surface area contributed by atoms with Crippen LogP contribution in [-0.2, 0) is 14.3 Å². The molecule has 2 aromatic carbocycles. The van der Waals surface area contributed by atoms with E-state index in [1.165, 1.54) is 0 Å². The summed E-state index contributed by atoms with van der Waals surface area (Å²) in [6.45, 7) is 12.3. The van der Waals surface area contributed by atoms with E-state index in [1.807, 2.05) is 70.2 Å². The van der Waals surface area contributed by atoms with Gasteiger partial charge in [0.05, 0.1) is 35.1 Å². The fourth-order valence-corrected chi connectivity index (χ4v) is 6.31. The van der Waals surface area contributed by atoms with Crippen molar-refractivity contribution >= 4 is 46.3 Å². The van der Waals surface area contributed by atoms with Crippen molar-refractivity contribution in [3.8, 4) is 16.9 Å². The number of nitrogens with zero attached hydrogens (tertiary/aromatic N) is 4. The molecule has 1 amide bonds. The number of anilines is 1. The zero-order valence-corrected chi connectivity index (χ0v) is 28.2. The Morgan fingerprint density at radius 3 is 2.37 bits per heavy atom. The van der Waals surface area contributed by atoms with E-state index in [2.05, 4.69) is 6.92 Å². The van der Waals surface area contributed by atoms with Crippen LogP contribution in [0.4, 0.5) is 10.6 Å². The molecule has 0 bridgehead atoms. The largest absolute Gasteiger partial charge is 0.462 e. The Labute approximate surface area is 275 Å². The highest BCUT2D eigenvalue weighted by Crippen LogP contribution is 2.36. The molecule has 10 heteroatoms. The van der Waals surface area contributed by atoms with Crippen molar-refractivity contribution in [2.75, 3.05) is 18.1 Å². The number of halogens is 1. The fourth-order valence-electron chi connectivity index (χ4n) is 6.04. The molecule has 0 spiro atoms. The van der Waals surface area contributed by atoms with E-state index in [4.69, 9.17) is 26.2 Å². The molecule has 244 valence electrons. The van der Waals surface area contributed by atoms with Crippen molar-refractivity contribution < 1.29 is 23.9 Å². The first-order chi connectivity index (χ1) is 22.0. The van der Waals surface area contributed by atoms with Crippen molar-refractivity contribution in [2.24, 2.45) is 17.8 Å². The van der Waals surface area contributed by atoms with Gasteiger partial charge in [0.1, 0.15) is 5.56 Å². The first-order valence-corrected chi connectivity index (χ1v) is 16.6. The van der Waals surface area contributed by atoms with E-state index in [0.717, 1.165) is 31.1 Å². The number of rotatable bonds is 9. The van der Waals surface area contributed by atoms with Crippen LogP contribution in [-0.4, -0.2) is 51.6 Å². The van der Waals surface area contributed by atoms with E-state index in [0.29, 0.717) is 33.4 Å². The summed E-state index contributed by atoms with van der Waals surface area (Å²) in [7, 11) is 0. The monoisotopic (exact) mass is 646 g/mol. The Morgan fingerprint density at radius 2 is 1.72 bits per heavy atom. The maximum absolute atomic E-state index is 13.9. The van der Waals surface area contributed by atoms with Crippen molar-refractivity contribution in [2.45, 2.75) is 73.3 Å². The summed E-state index contributed by atoms with van der Waals surface area (Å²) >= 11 is 6.92. The molecule has 0 radical (unpaired) electrons. The predicted octanol–water partition coefficient (Wildman–Crippen LogP) is 8.53. The molecule has 46 heavy (non-hydrogen) atoms. The number of hydrogen-bond acceptors (Lipinski definition) is 6. The molecule has 1 aliphatic carbocycles. The van der Waals surface area contributed by atoms with Gasteiger partial charge < -0.3 is 9.47 Å². The molecule has 0 unspecified atom stereocenters. The van der Waals surface area contributed by atoms with Gasteiger partial charge >= 0.3 is 12.1 Å². The van der Waals surface area contributed by atoms with Crippen molar-refractivity contribution in [1.82, 2.24) is 14.3 Å². The maximum Gasteiger partial charge on any atom is 0.418 e. The Hall–Kier alpha value is -4.11. The highest BCUT2D eigenvalue weighted by atomic mass is 35.5. The van der Waals surface area contributed by atoms with Gasteiger partial charge in [0, 0.05) is 29.1 Å². The molecule has 9 nitrogen and oxygen atoms in total. The van der Waals surface area contributed by atoms with Crippen LogP contribution >= 0.6 is 11.6 Å². The number of aromatic nitrogens is 3. The van der Waals surface area contributed by atoms with E-state index in [1.54, 1.807) is 33.3 Å². The summed E-state index contributed by atoms with van der Waals surface area (Å²) in [5.41, 5.74) is 2.73. The minimum Gasteiger partial charge on any atom is -0.462 e.